The quantitative estimate of drug-likeness (QED) is 0.792. The van der Waals surface area contributed by atoms with E-state index in [2.05, 4.69) is 19.2 Å². The molecule has 20 heavy (non-hydrogen) atoms. The average Bonchev–Trinajstić information content (AvgIpc) is 3.22. The lowest BCUT2D eigenvalue weighted by atomic mass is 10.1. The second-order valence-corrected chi connectivity index (χ2v) is 5.72. The number of hydrogen-bond donors (Lipinski definition) is 1. The van der Waals surface area contributed by atoms with Gasteiger partial charge in [0.1, 0.15) is 5.82 Å². The number of halogens is 1. The highest BCUT2D eigenvalue weighted by Gasteiger charge is 2.20. The SMILES string of the molecule is COCCN(c1ccc(CNC2CC2)cc1F)C(C)C. The Balaban J connectivity index is 2.04. The fourth-order valence-corrected chi connectivity index (χ4v) is 2.29. The van der Waals surface area contributed by atoms with Crippen molar-refractivity contribution < 1.29 is 9.13 Å². The van der Waals surface area contributed by atoms with E-state index in [0.717, 1.165) is 12.1 Å². The van der Waals surface area contributed by atoms with Crippen molar-refractivity contribution in [2.24, 2.45) is 0 Å². The smallest absolute Gasteiger partial charge is 0.146 e. The van der Waals surface area contributed by atoms with Crippen molar-refractivity contribution in [3.8, 4) is 0 Å². The van der Waals surface area contributed by atoms with Crippen LogP contribution in [0.1, 0.15) is 32.3 Å². The fraction of sp³-hybridized carbons (Fsp3) is 0.625. The molecule has 1 aromatic rings. The van der Waals surface area contributed by atoms with E-state index in [-0.39, 0.29) is 11.9 Å². The number of benzene rings is 1. The number of hydrogen-bond acceptors (Lipinski definition) is 3. The van der Waals surface area contributed by atoms with Gasteiger partial charge in [0, 0.05) is 32.3 Å². The van der Waals surface area contributed by atoms with Gasteiger partial charge in [0.2, 0.25) is 0 Å². The van der Waals surface area contributed by atoms with Gasteiger partial charge in [-0.1, -0.05) is 6.07 Å². The third-order valence-electron chi connectivity index (χ3n) is 3.65. The first kappa shape index (κ1) is 15.3. The van der Waals surface area contributed by atoms with Crippen LogP contribution in [0, 0.1) is 5.82 Å². The van der Waals surface area contributed by atoms with Gasteiger partial charge in [0.05, 0.1) is 12.3 Å². The van der Waals surface area contributed by atoms with E-state index < -0.39 is 0 Å². The van der Waals surface area contributed by atoms with Gasteiger partial charge in [0.25, 0.3) is 0 Å². The zero-order valence-corrected chi connectivity index (χ0v) is 12.7. The summed E-state index contributed by atoms with van der Waals surface area (Å²) in [6, 6.07) is 6.43. The highest BCUT2D eigenvalue weighted by Crippen LogP contribution is 2.24. The zero-order chi connectivity index (χ0) is 14.5. The van der Waals surface area contributed by atoms with Crippen LogP contribution in [0.3, 0.4) is 0 Å². The molecule has 4 heteroatoms. The molecule has 112 valence electrons. The minimum absolute atomic E-state index is 0.148. The Kier molecular flexibility index (Phi) is 5.38. The maximum Gasteiger partial charge on any atom is 0.146 e. The Morgan fingerprint density at radius 3 is 2.70 bits per heavy atom. The van der Waals surface area contributed by atoms with Crippen molar-refractivity contribution in [2.45, 2.75) is 45.3 Å². The molecule has 1 aliphatic carbocycles. The van der Waals surface area contributed by atoms with E-state index >= 15 is 0 Å². The van der Waals surface area contributed by atoms with E-state index in [9.17, 15) is 4.39 Å². The van der Waals surface area contributed by atoms with Gasteiger partial charge >= 0.3 is 0 Å². The van der Waals surface area contributed by atoms with Crippen LogP contribution < -0.4 is 10.2 Å². The fourth-order valence-electron chi connectivity index (χ4n) is 2.29. The first-order valence-corrected chi connectivity index (χ1v) is 7.39. The molecule has 0 heterocycles. The summed E-state index contributed by atoms with van der Waals surface area (Å²) in [7, 11) is 1.67. The highest BCUT2D eigenvalue weighted by atomic mass is 19.1. The Morgan fingerprint density at radius 1 is 1.40 bits per heavy atom. The molecular weight excluding hydrogens is 255 g/mol. The second-order valence-electron chi connectivity index (χ2n) is 5.72. The van der Waals surface area contributed by atoms with Crippen LogP contribution in [0.2, 0.25) is 0 Å². The Hall–Kier alpha value is -1.13. The number of nitrogens with zero attached hydrogens (tertiary/aromatic N) is 1. The molecule has 2 rings (SSSR count). The predicted octanol–water partition coefficient (Wildman–Crippen LogP) is 2.94. The van der Waals surface area contributed by atoms with Crippen molar-refractivity contribution in [3.05, 3.63) is 29.6 Å². The minimum Gasteiger partial charge on any atom is -0.383 e. The van der Waals surface area contributed by atoms with Crippen molar-refractivity contribution >= 4 is 5.69 Å². The van der Waals surface area contributed by atoms with Gasteiger partial charge in [-0.2, -0.15) is 0 Å². The molecule has 0 spiro atoms. The lowest BCUT2D eigenvalue weighted by Gasteiger charge is -2.29. The standard InChI is InChI=1S/C16H25FN2O/c1-12(2)19(8-9-20-3)16-7-4-13(10-15(16)17)11-18-14-5-6-14/h4,7,10,12,14,18H,5-6,8-9,11H2,1-3H3. The van der Waals surface area contributed by atoms with Crippen LogP contribution >= 0.6 is 0 Å². The molecule has 0 atom stereocenters. The summed E-state index contributed by atoms with van der Waals surface area (Å²) in [6.07, 6.45) is 2.50. The van der Waals surface area contributed by atoms with Crippen molar-refractivity contribution in [3.63, 3.8) is 0 Å². The maximum atomic E-state index is 14.3. The molecule has 3 nitrogen and oxygen atoms in total. The van der Waals surface area contributed by atoms with Crippen LogP contribution in [0.25, 0.3) is 0 Å². The largest absolute Gasteiger partial charge is 0.383 e. The normalized spacial score (nSPS) is 14.8. The van der Waals surface area contributed by atoms with E-state index in [1.165, 1.54) is 12.8 Å². The van der Waals surface area contributed by atoms with E-state index in [0.29, 0.717) is 24.9 Å². The van der Waals surface area contributed by atoms with E-state index in [4.69, 9.17) is 4.74 Å². The van der Waals surface area contributed by atoms with E-state index in [1.54, 1.807) is 13.2 Å². The number of anilines is 1. The third-order valence-corrected chi connectivity index (χ3v) is 3.65. The Bertz CT molecular complexity index is 432. The predicted molar refractivity (Wildman–Crippen MR) is 80.6 cm³/mol. The van der Waals surface area contributed by atoms with Crippen molar-refractivity contribution in [2.75, 3.05) is 25.2 Å². The lowest BCUT2D eigenvalue weighted by Crippen LogP contribution is -2.34. The molecule has 0 amide bonds. The molecule has 1 fully saturated rings. The summed E-state index contributed by atoms with van der Waals surface area (Å²) >= 11 is 0. The molecular formula is C16H25FN2O. The van der Waals surface area contributed by atoms with Crippen LogP contribution in [-0.2, 0) is 11.3 Å². The molecule has 0 bridgehead atoms. The topological polar surface area (TPSA) is 24.5 Å². The maximum absolute atomic E-state index is 14.3. The van der Waals surface area contributed by atoms with Crippen LogP contribution in [0.4, 0.5) is 10.1 Å². The molecule has 1 aliphatic rings. The molecule has 0 unspecified atom stereocenters. The molecule has 0 aromatic heterocycles. The van der Waals surface area contributed by atoms with Gasteiger partial charge in [-0.3, -0.25) is 0 Å². The van der Waals surface area contributed by atoms with Gasteiger partial charge < -0.3 is 15.0 Å². The molecule has 1 N–H and O–H groups in total. The van der Waals surface area contributed by atoms with Gasteiger partial charge in [0.15, 0.2) is 0 Å². The van der Waals surface area contributed by atoms with Gasteiger partial charge in [-0.25, -0.2) is 4.39 Å². The van der Waals surface area contributed by atoms with Crippen LogP contribution in [0.5, 0.6) is 0 Å². The summed E-state index contributed by atoms with van der Waals surface area (Å²) in [5.74, 6) is -0.148. The molecule has 0 radical (unpaired) electrons. The summed E-state index contributed by atoms with van der Waals surface area (Å²) < 4.78 is 19.4. The van der Waals surface area contributed by atoms with Crippen molar-refractivity contribution in [1.82, 2.24) is 5.32 Å². The van der Waals surface area contributed by atoms with Crippen molar-refractivity contribution in [1.29, 1.82) is 0 Å². The summed E-state index contributed by atoms with van der Waals surface area (Å²) in [6.45, 7) is 6.18. The minimum atomic E-state index is -0.148. The average molecular weight is 280 g/mol. The molecule has 0 aliphatic heterocycles. The monoisotopic (exact) mass is 280 g/mol. The molecule has 1 saturated carbocycles. The van der Waals surface area contributed by atoms with Gasteiger partial charge in [-0.15, -0.1) is 0 Å². The summed E-state index contributed by atoms with van der Waals surface area (Å²) in [4.78, 5) is 2.04. The van der Waals surface area contributed by atoms with E-state index in [1.807, 2.05) is 17.0 Å². The summed E-state index contributed by atoms with van der Waals surface area (Å²) in [5.41, 5.74) is 1.67. The molecule has 0 saturated heterocycles. The van der Waals surface area contributed by atoms with Gasteiger partial charge in [-0.05, 0) is 44.4 Å². The van der Waals surface area contributed by atoms with Crippen LogP contribution in [-0.4, -0.2) is 32.3 Å². The second kappa shape index (κ2) is 7.04. The first-order chi connectivity index (χ1) is 9.61. The number of methoxy groups -OCH3 is 1. The number of ether oxygens (including phenoxy) is 1. The first-order valence-electron chi connectivity index (χ1n) is 7.39. The Morgan fingerprint density at radius 2 is 2.15 bits per heavy atom. The molecule has 1 aromatic carbocycles. The lowest BCUT2D eigenvalue weighted by molar-refractivity contribution is 0.203. The zero-order valence-electron chi connectivity index (χ0n) is 12.7. The Labute approximate surface area is 121 Å². The third kappa shape index (κ3) is 4.18. The van der Waals surface area contributed by atoms with Crippen LogP contribution in [0.15, 0.2) is 18.2 Å². The number of rotatable bonds is 8. The number of nitrogens with one attached hydrogen (secondary N) is 1. The summed E-state index contributed by atoms with van der Waals surface area (Å²) in [5, 5.41) is 3.41. The highest BCUT2D eigenvalue weighted by molar-refractivity contribution is 5.50.